The topological polar surface area (TPSA) is 81.4 Å². The normalized spacial score (nSPS) is 11.2. The zero-order valence-electron chi connectivity index (χ0n) is 11.7. The van der Waals surface area contributed by atoms with E-state index in [9.17, 15) is 9.59 Å². The third-order valence-corrected chi connectivity index (χ3v) is 2.65. The maximum atomic E-state index is 11.8. The van der Waals surface area contributed by atoms with Crippen LogP contribution in [0.15, 0.2) is 24.3 Å². The monoisotopic (exact) mass is 300 g/mol. The van der Waals surface area contributed by atoms with E-state index in [1.54, 1.807) is 6.92 Å². The standard InChI is InChI=1S/C14H20N2O3.ClH/c1-3-19-12(17)8-9-16-14(18)13(15)11-6-4-10(2)5-7-11;/h4-7,13H,3,8-9,15H2,1-2H3,(H,16,18);1H. The molecular formula is C14H21ClN2O3. The molecule has 20 heavy (non-hydrogen) atoms. The van der Waals surface area contributed by atoms with Crippen LogP contribution in [0.2, 0.25) is 0 Å². The second-order valence-corrected chi connectivity index (χ2v) is 4.23. The van der Waals surface area contributed by atoms with Gasteiger partial charge < -0.3 is 15.8 Å². The number of nitrogens with two attached hydrogens (primary N) is 1. The summed E-state index contributed by atoms with van der Waals surface area (Å²) in [6, 6.07) is 6.74. The first kappa shape index (κ1) is 18.4. The minimum atomic E-state index is -0.720. The molecule has 5 nitrogen and oxygen atoms in total. The Balaban J connectivity index is 0.00000361. The Labute approximate surface area is 125 Å². The van der Waals surface area contributed by atoms with E-state index in [1.165, 1.54) is 0 Å². The number of aryl methyl sites for hydroxylation is 1. The van der Waals surface area contributed by atoms with E-state index in [1.807, 2.05) is 31.2 Å². The minimum absolute atomic E-state index is 0. The second-order valence-electron chi connectivity index (χ2n) is 4.23. The van der Waals surface area contributed by atoms with E-state index in [0.29, 0.717) is 6.61 Å². The van der Waals surface area contributed by atoms with Crippen LogP contribution in [0, 0.1) is 6.92 Å². The van der Waals surface area contributed by atoms with Crippen molar-refractivity contribution in [2.24, 2.45) is 5.73 Å². The molecule has 0 saturated carbocycles. The average Bonchev–Trinajstić information content (AvgIpc) is 2.39. The Morgan fingerprint density at radius 2 is 1.90 bits per heavy atom. The van der Waals surface area contributed by atoms with E-state index in [0.717, 1.165) is 11.1 Å². The summed E-state index contributed by atoms with van der Waals surface area (Å²) in [5, 5.41) is 2.62. The van der Waals surface area contributed by atoms with Crippen LogP contribution in [0.1, 0.15) is 30.5 Å². The lowest BCUT2D eigenvalue weighted by Gasteiger charge is -2.12. The first-order valence-electron chi connectivity index (χ1n) is 6.30. The van der Waals surface area contributed by atoms with Gasteiger partial charge in [0, 0.05) is 6.54 Å². The molecular weight excluding hydrogens is 280 g/mol. The molecule has 1 amide bonds. The lowest BCUT2D eigenvalue weighted by Crippen LogP contribution is -2.35. The smallest absolute Gasteiger partial charge is 0.307 e. The Kier molecular flexibility index (Phi) is 8.59. The van der Waals surface area contributed by atoms with Crippen LogP contribution in [0.4, 0.5) is 0 Å². The van der Waals surface area contributed by atoms with Gasteiger partial charge in [0.15, 0.2) is 0 Å². The van der Waals surface area contributed by atoms with Crippen LogP contribution in [0.25, 0.3) is 0 Å². The van der Waals surface area contributed by atoms with E-state index < -0.39 is 6.04 Å². The number of ether oxygens (including phenoxy) is 1. The third-order valence-electron chi connectivity index (χ3n) is 2.65. The number of hydrogen-bond acceptors (Lipinski definition) is 4. The zero-order valence-corrected chi connectivity index (χ0v) is 12.5. The molecule has 0 saturated heterocycles. The number of hydrogen-bond donors (Lipinski definition) is 2. The lowest BCUT2D eigenvalue weighted by molar-refractivity contribution is -0.143. The maximum Gasteiger partial charge on any atom is 0.307 e. The van der Waals surface area contributed by atoms with Crippen LogP contribution in [0.3, 0.4) is 0 Å². The largest absolute Gasteiger partial charge is 0.466 e. The molecule has 0 spiro atoms. The molecule has 1 aromatic rings. The lowest BCUT2D eigenvalue weighted by atomic mass is 10.1. The average molecular weight is 301 g/mol. The SMILES string of the molecule is CCOC(=O)CCNC(=O)C(N)c1ccc(C)cc1.Cl. The van der Waals surface area contributed by atoms with Crippen LogP contribution in [-0.2, 0) is 14.3 Å². The van der Waals surface area contributed by atoms with Gasteiger partial charge in [-0.2, -0.15) is 0 Å². The number of halogens is 1. The summed E-state index contributed by atoms with van der Waals surface area (Å²) in [6.07, 6.45) is 0.153. The van der Waals surface area contributed by atoms with Crippen molar-refractivity contribution in [1.29, 1.82) is 0 Å². The molecule has 0 aliphatic rings. The first-order valence-corrected chi connectivity index (χ1v) is 6.30. The van der Waals surface area contributed by atoms with Gasteiger partial charge in [0.2, 0.25) is 5.91 Å². The fourth-order valence-electron chi connectivity index (χ4n) is 1.56. The Morgan fingerprint density at radius 1 is 1.30 bits per heavy atom. The van der Waals surface area contributed by atoms with Crippen molar-refractivity contribution in [3.8, 4) is 0 Å². The summed E-state index contributed by atoms with van der Waals surface area (Å²) in [6.45, 7) is 4.28. The zero-order chi connectivity index (χ0) is 14.3. The van der Waals surface area contributed by atoms with Gasteiger partial charge in [-0.1, -0.05) is 29.8 Å². The van der Waals surface area contributed by atoms with Crippen molar-refractivity contribution in [1.82, 2.24) is 5.32 Å². The molecule has 0 aliphatic heterocycles. The van der Waals surface area contributed by atoms with Crippen molar-refractivity contribution >= 4 is 24.3 Å². The van der Waals surface area contributed by atoms with Gasteiger partial charge in [-0.3, -0.25) is 9.59 Å². The first-order chi connectivity index (χ1) is 9.04. The molecule has 3 N–H and O–H groups in total. The van der Waals surface area contributed by atoms with Crippen molar-refractivity contribution in [2.75, 3.05) is 13.2 Å². The number of amides is 1. The summed E-state index contributed by atoms with van der Waals surface area (Å²) < 4.78 is 4.76. The molecule has 0 fully saturated rings. The molecule has 1 atom stereocenters. The van der Waals surface area contributed by atoms with Crippen molar-refractivity contribution < 1.29 is 14.3 Å². The van der Waals surface area contributed by atoms with E-state index in [2.05, 4.69) is 5.32 Å². The molecule has 1 aromatic carbocycles. The highest BCUT2D eigenvalue weighted by molar-refractivity contribution is 5.85. The number of carbonyl (C=O) groups is 2. The molecule has 112 valence electrons. The van der Waals surface area contributed by atoms with Crippen LogP contribution >= 0.6 is 12.4 Å². The maximum absolute atomic E-state index is 11.8. The van der Waals surface area contributed by atoms with Crippen molar-refractivity contribution in [3.05, 3.63) is 35.4 Å². The quantitative estimate of drug-likeness (QED) is 0.780. The van der Waals surface area contributed by atoms with Crippen LogP contribution < -0.4 is 11.1 Å². The van der Waals surface area contributed by atoms with E-state index in [-0.39, 0.29) is 37.2 Å². The number of carbonyl (C=O) groups excluding carboxylic acids is 2. The minimum Gasteiger partial charge on any atom is -0.466 e. The Hall–Kier alpha value is -1.59. The highest BCUT2D eigenvalue weighted by Crippen LogP contribution is 2.11. The third kappa shape index (κ3) is 6.04. The van der Waals surface area contributed by atoms with Crippen molar-refractivity contribution in [2.45, 2.75) is 26.3 Å². The summed E-state index contributed by atoms with van der Waals surface area (Å²) in [5.74, 6) is -0.625. The highest BCUT2D eigenvalue weighted by Gasteiger charge is 2.15. The molecule has 6 heteroatoms. The van der Waals surface area contributed by atoms with Gasteiger partial charge >= 0.3 is 5.97 Å². The van der Waals surface area contributed by atoms with Gasteiger partial charge in [-0.05, 0) is 19.4 Å². The van der Waals surface area contributed by atoms with E-state index >= 15 is 0 Å². The van der Waals surface area contributed by atoms with Crippen LogP contribution in [0.5, 0.6) is 0 Å². The van der Waals surface area contributed by atoms with Gasteiger partial charge in [0.05, 0.1) is 13.0 Å². The van der Waals surface area contributed by atoms with Gasteiger partial charge in [-0.25, -0.2) is 0 Å². The Morgan fingerprint density at radius 3 is 2.45 bits per heavy atom. The summed E-state index contributed by atoms with van der Waals surface area (Å²) >= 11 is 0. The molecule has 0 aromatic heterocycles. The highest BCUT2D eigenvalue weighted by atomic mass is 35.5. The van der Waals surface area contributed by atoms with Gasteiger partial charge in [0.25, 0.3) is 0 Å². The van der Waals surface area contributed by atoms with Gasteiger partial charge in [0.1, 0.15) is 6.04 Å². The predicted octanol–water partition coefficient (Wildman–Crippen LogP) is 1.49. The Bertz CT molecular complexity index is 435. The van der Waals surface area contributed by atoms with E-state index in [4.69, 9.17) is 10.5 Å². The fraction of sp³-hybridized carbons (Fsp3) is 0.429. The number of rotatable bonds is 6. The number of nitrogens with one attached hydrogen (secondary N) is 1. The van der Waals surface area contributed by atoms with Crippen molar-refractivity contribution in [3.63, 3.8) is 0 Å². The molecule has 0 bridgehead atoms. The van der Waals surface area contributed by atoms with Crippen LogP contribution in [-0.4, -0.2) is 25.0 Å². The molecule has 0 aliphatic carbocycles. The summed E-state index contributed by atoms with van der Waals surface area (Å²) in [4.78, 5) is 22.9. The molecule has 0 heterocycles. The predicted molar refractivity (Wildman–Crippen MR) is 79.6 cm³/mol. The fourth-order valence-corrected chi connectivity index (χ4v) is 1.56. The number of benzene rings is 1. The second kappa shape index (κ2) is 9.34. The van der Waals surface area contributed by atoms with Gasteiger partial charge in [-0.15, -0.1) is 12.4 Å². The molecule has 0 radical (unpaired) electrons. The molecule has 1 unspecified atom stereocenters. The summed E-state index contributed by atoms with van der Waals surface area (Å²) in [5.41, 5.74) is 7.70. The molecule has 1 rings (SSSR count). The number of esters is 1. The summed E-state index contributed by atoms with van der Waals surface area (Å²) in [7, 11) is 0.